The quantitative estimate of drug-likeness (QED) is 0.276. The van der Waals surface area contributed by atoms with E-state index in [1.807, 2.05) is 4.90 Å². The lowest BCUT2D eigenvalue weighted by Crippen LogP contribution is -2.23. The average Bonchev–Trinajstić information content (AvgIpc) is 2.83. The van der Waals surface area contributed by atoms with Gasteiger partial charge in [-0.3, -0.25) is 10.1 Å². The predicted octanol–water partition coefficient (Wildman–Crippen LogP) is 0.931. The number of nitrogens with two attached hydrogens (primary N) is 1. The number of hydrogen-bond acceptors (Lipinski definition) is 6. The van der Waals surface area contributed by atoms with Gasteiger partial charge in [0.2, 0.25) is 0 Å². The van der Waals surface area contributed by atoms with Crippen LogP contribution >= 0.6 is 0 Å². The fourth-order valence-electron chi connectivity index (χ4n) is 2.14. The zero-order chi connectivity index (χ0) is 14.0. The standard InChI is InChI=1S/C11H15N5O3/c1-7-4-5-15(6-7)9-3-2-8(16(18)19)10(13-9)11(12)14-17/h2-3,7,17H,4-6H2,1H3,(H2,12,14). The molecule has 0 aromatic carbocycles. The van der Waals surface area contributed by atoms with Crippen LogP contribution in [0.1, 0.15) is 19.0 Å². The molecule has 8 nitrogen and oxygen atoms in total. The van der Waals surface area contributed by atoms with Gasteiger partial charge in [0.05, 0.1) is 4.92 Å². The fourth-order valence-corrected chi connectivity index (χ4v) is 2.14. The number of pyridine rings is 1. The molecule has 2 rings (SSSR count). The van der Waals surface area contributed by atoms with Crippen molar-refractivity contribution < 1.29 is 10.1 Å². The Kier molecular flexibility index (Phi) is 3.50. The SMILES string of the molecule is CC1CCN(c2ccc([N+](=O)[O-])c(/C(N)=N/O)n2)C1. The predicted molar refractivity (Wildman–Crippen MR) is 69.4 cm³/mol. The molecule has 1 saturated heterocycles. The molecule has 0 spiro atoms. The van der Waals surface area contributed by atoms with Crippen LogP contribution in [0.5, 0.6) is 0 Å². The second-order valence-corrected chi connectivity index (χ2v) is 4.62. The third-order valence-electron chi connectivity index (χ3n) is 3.15. The molecule has 1 aliphatic rings. The van der Waals surface area contributed by atoms with Crippen LogP contribution in [0.2, 0.25) is 0 Å². The first-order chi connectivity index (χ1) is 9.02. The molecule has 102 valence electrons. The molecule has 1 aliphatic heterocycles. The third-order valence-corrected chi connectivity index (χ3v) is 3.15. The summed E-state index contributed by atoms with van der Waals surface area (Å²) in [5.74, 6) is 0.807. The number of anilines is 1. The molecule has 1 aromatic heterocycles. The van der Waals surface area contributed by atoms with Gasteiger partial charge in [-0.25, -0.2) is 4.98 Å². The highest BCUT2D eigenvalue weighted by Gasteiger charge is 2.24. The van der Waals surface area contributed by atoms with Crippen molar-refractivity contribution in [3.05, 3.63) is 27.9 Å². The number of rotatable bonds is 3. The normalized spacial score (nSPS) is 19.7. The summed E-state index contributed by atoms with van der Waals surface area (Å²) in [7, 11) is 0. The van der Waals surface area contributed by atoms with Gasteiger partial charge in [0.25, 0.3) is 5.69 Å². The van der Waals surface area contributed by atoms with E-state index in [2.05, 4.69) is 17.1 Å². The molecule has 1 unspecified atom stereocenters. The first-order valence-corrected chi connectivity index (χ1v) is 5.91. The van der Waals surface area contributed by atoms with Crippen molar-refractivity contribution in [3.63, 3.8) is 0 Å². The van der Waals surface area contributed by atoms with Gasteiger partial charge in [0.15, 0.2) is 11.5 Å². The summed E-state index contributed by atoms with van der Waals surface area (Å²) < 4.78 is 0. The van der Waals surface area contributed by atoms with Crippen LogP contribution in [0.25, 0.3) is 0 Å². The monoisotopic (exact) mass is 265 g/mol. The Bertz CT molecular complexity index is 531. The van der Waals surface area contributed by atoms with E-state index in [0.29, 0.717) is 11.7 Å². The van der Waals surface area contributed by atoms with Gasteiger partial charge >= 0.3 is 0 Å². The van der Waals surface area contributed by atoms with Crippen molar-refractivity contribution in [2.75, 3.05) is 18.0 Å². The Morgan fingerprint density at radius 2 is 2.42 bits per heavy atom. The molecule has 1 aromatic rings. The highest BCUT2D eigenvalue weighted by molar-refractivity contribution is 5.99. The summed E-state index contributed by atoms with van der Waals surface area (Å²) in [6, 6.07) is 2.92. The number of nitro groups is 1. The molecule has 0 saturated carbocycles. The van der Waals surface area contributed by atoms with Gasteiger partial charge in [-0.05, 0) is 18.4 Å². The second-order valence-electron chi connectivity index (χ2n) is 4.62. The average molecular weight is 265 g/mol. The Morgan fingerprint density at radius 3 is 2.95 bits per heavy atom. The molecular formula is C11H15N5O3. The smallest absolute Gasteiger partial charge is 0.298 e. The summed E-state index contributed by atoms with van der Waals surface area (Å²) in [4.78, 5) is 16.5. The Balaban J connectivity index is 2.41. The molecule has 0 radical (unpaired) electrons. The van der Waals surface area contributed by atoms with E-state index in [9.17, 15) is 10.1 Å². The Labute approximate surface area is 109 Å². The molecule has 0 aliphatic carbocycles. The van der Waals surface area contributed by atoms with Gasteiger partial charge in [-0.15, -0.1) is 0 Å². The van der Waals surface area contributed by atoms with Crippen LogP contribution in [0.15, 0.2) is 17.3 Å². The van der Waals surface area contributed by atoms with Crippen LogP contribution in [-0.2, 0) is 0 Å². The first kappa shape index (κ1) is 13.1. The third kappa shape index (κ3) is 2.56. The second kappa shape index (κ2) is 5.09. The highest BCUT2D eigenvalue weighted by Crippen LogP contribution is 2.25. The summed E-state index contributed by atoms with van der Waals surface area (Å²) in [6.07, 6.45) is 1.05. The van der Waals surface area contributed by atoms with E-state index in [-0.39, 0.29) is 17.2 Å². The summed E-state index contributed by atoms with van der Waals surface area (Å²) in [5.41, 5.74) is 5.06. The van der Waals surface area contributed by atoms with Crippen molar-refractivity contribution in [1.82, 2.24) is 4.98 Å². The molecule has 0 amide bonds. The van der Waals surface area contributed by atoms with Crippen molar-refractivity contribution in [3.8, 4) is 0 Å². The van der Waals surface area contributed by atoms with E-state index >= 15 is 0 Å². The van der Waals surface area contributed by atoms with Gasteiger partial charge < -0.3 is 15.8 Å². The lowest BCUT2D eigenvalue weighted by Gasteiger charge is -2.17. The Morgan fingerprint density at radius 1 is 1.68 bits per heavy atom. The van der Waals surface area contributed by atoms with Crippen LogP contribution in [0.4, 0.5) is 11.5 Å². The minimum atomic E-state index is -0.600. The topological polar surface area (TPSA) is 118 Å². The van der Waals surface area contributed by atoms with E-state index in [1.54, 1.807) is 6.07 Å². The number of nitrogens with zero attached hydrogens (tertiary/aromatic N) is 4. The minimum absolute atomic E-state index is 0.107. The molecule has 8 heteroatoms. The van der Waals surface area contributed by atoms with Crippen LogP contribution in [-0.4, -0.2) is 34.0 Å². The van der Waals surface area contributed by atoms with E-state index < -0.39 is 4.92 Å². The molecule has 1 fully saturated rings. The van der Waals surface area contributed by atoms with Crippen LogP contribution in [0, 0.1) is 16.0 Å². The lowest BCUT2D eigenvalue weighted by atomic mass is 10.2. The zero-order valence-electron chi connectivity index (χ0n) is 10.5. The fraction of sp³-hybridized carbons (Fsp3) is 0.455. The highest BCUT2D eigenvalue weighted by atomic mass is 16.6. The van der Waals surface area contributed by atoms with E-state index in [0.717, 1.165) is 19.5 Å². The maximum atomic E-state index is 10.9. The largest absolute Gasteiger partial charge is 0.409 e. The minimum Gasteiger partial charge on any atom is -0.409 e. The molecule has 3 N–H and O–H groups in total. The molecule has 0 bridgehead atoms. The number of amidine groups is 1. The van der Waals surface area contributed by atoms with Crippen molar-refractivity contribution in [2.24, 2.45) is 16.8 Å². The molecular weight excluding hydrogens is 250 g/mol. The summed E-state index contributed by atoms with van der Waals surface area (Å²) in [6.45, 7) is 3.83. The maximum absolute atomic E-state index is 10.9. The van der Waals surface area contributed by atoms with Crippen LogP contribution in [0.3, 0.4) is 0 Å². The van der Waals surface area contributed by atoms with Gasteiger partial charge in [0.1, 0.15) is 5.82 Å². The van der Waals surface area contributed by atoms with E-state index in [4.69, 9.17) is 10.9 Å². The number of aromatic nitrogens is 1. The first-order valence-electron chi connectivity index (χ1n) is 5.91. The zero-order valence-corrected chi connectivity index (χ0v) is 10.5. The van der Waals surface area contributed by atoms with Crippen molar-refractivity contribution >= 4 is 17.3 Å². The van der Waals surface area contributed by atoms with Gasteiger partial charge in [-0.2, -0.15) is 0 Å². The molecule has 1 atom stereocenters. The van der Waals surface area contributed by atoms with Gasteiger partial charge in [0, 0.05) is 19.2 Å². The van der Waals surface area contributed by atoms with Crippen LogP contribution < -0.4 is 10.6 Å². The van der Waals surface area contributed by atoms with E-state index in [1.165, 1.54) is 6.07 Å². The molecule has 19 heavy (non-hydrogen) atoms. The summed E-state index contributed by atoms with van der Waals surface area (Å²) in [5, 5.41) is 22.4. The maximum Gasteiger partial charge on any atom is 0.298 e. The lowest BCUT2D eigenvalue weighted by molar-refractivity contribution is -0.385. The van der Waals surface area contributed by atoms with Gasteiger partial charge in [-0.1, -0.05) is 12.1 Å². The molecule has 2 heterocycles. The number of oxime groups is 1. The number of hydrogen-bond donors (Lipinski definition) is 2. The Hall–Kier alpha value is -2.38. The summed E-state index contributed by atoms with van der Waals surface area (Å²) >= 11 is 0. The van der Waals surface area contributed by atoms with Crippen molar-refractivity contribution in [1.29, 1.82) is 0 Å². The van der Waals surface area contributed by atoms with Crippen molar-refractivity contribution in [2.45, 2.75) is 13.3 Å².